The van der Waals surface area contributed by atoms with Crippen LogP contribution in [0.15, 0.2) is 46.1 Å². The van der Waals surface area contributed by atoms with Gasteiger partial charge in [-0.1, -0.05) is 37.2 Å². The van der Waals surface area contributed by atoms with Gasteiger partial charge < -0.3 is 19.5 Å². The summed E-state index contributed by atoms with van der Waals surface area (Å²) in [5.74, 6) is 2.39. The molecule has 0 saturated carbocycles. The van der Waals surface area contributed by atoms with E-state index in [1.54, 1.807) is 6.26 Å². The Bertz CT molecular complexity index is 752. The molecule has 1 N–H and O–H groups in total. The Labute approximate surface area is 173 Å². The molecule has 1 aromatic carbocycles. The molecule has 1 saturated heterocycles. The lowest BCUT2D eigenvalue weighted by atomic mass is 10.2. The first-order chi connectivity index (χ1) is 14.2. The van der Waals surface area contributed by atoms with Crippen LogP contribution in [0.5, 0.6) is 5.75 Å². The maximum Gasteiger partial charge on any atom is 0.194 e. The molecule has 2 heterocycles. The summed E-state index contributed by atoms with van der Waals surface area (Å²) in [4.78, 5) is 9.63. The summed E-state index contributed by atoms with van der Waals surface area (Å²) in [6, 6.07) is 10.1. The average Bonchev–Trinajstić information content (AvgIpc) is 3.24. The standard InChI is InChI=1S/C22H33N5O2/c1-4-23-22(24-15-19-7-5-6-8-21(19)28-17-18(2)3)27-12-10-26(11-13-27)16-20-9-14-29-25-20/h5-9,14,18H,4,10-13,15-17H2,1-3H3,(H,23,24). The Morgan fingerprint density at radius 1 is 1.21 bits per heavy atom. The monoisotopic (exact) mass is 399 g/mol. The van der Waals surface area contributed by atoms with Gasteiger partial charge in [0.25, 0.3) is 0 Å². The van der Waals surface area contributed by atoms with Gasteiger partial charge in [0.1, 0.15) is 12.0 Å². The van der Waals surface area contributed by atoms with Gasteiger partial charge in [0.05, 0.1) is 18.8 Å². The van der Waals surface area contributed by atoms with Gasteiger partial charge >= 0.3 is 0 Å². The number of ether oxygens (including phenoxy) is 1. The van der Waals surface area contributed by atoms with Crippen molar-refractivity contribution >= 4 is 5.96 Å². The lowest BCUT2D eigenvalue weighted by Gasteiger charge is -2.36. The number of aromatic nitrogens is 1. The van der Waals surface area contributed by atoms with Crippen molar-refractivity contribution in [1.82, 2.24) is 20.3 Å². The number of nitrogens with zero attached hydrogens (tertiary/aromatic N) is 4. The van der Waals surface area contributed by atoms with Gasteiger partial charge in [-0.25, -0.2) is 4.99 Å². The van der Waals surface area contributed by atoms with E-state index < -0.39 is 0 Å². The van der Waals surface area contributed by atoms with Gasteiger partial charge in [-0.15, -0.1) is 0 Å². The van der Waals surface area contributed by atoms with Gasteiger partial charge in [-0.05, 0) is 18.9 Å². The number of aliphatic imine (C=N–C) groups is 1. The third-order valence-electron chi connectivity index (χ3n) is 4.83. The van der Waals surface area contributed by atoms with Crippen LogP contribution < -0.4 is 10.1 Å². The summed E-state index contributed by atoms with van der Waals surface area (Å²) in [6.07, 6.45) is 1.63. The van der Waals surface area contributed by atoms with E-state index in [-0.39, 0.29) is 0 Å². The van der Waals surface area contributed by atoms with Gasteiger partial charge in [0, 0.05) is 50.9 Å². The normalized spacial score (nSPS) is 15.7. The largest absolute Gasteiger partial charge is 0.493 e. The SMILES string of the molecule is CCNC(=NCc1ccccc1OCC(C)C)N1CCN(Cc2ccon2)CC1. The Hall–Kier alpha value is -2.54. The minimum Gasteiger partial charge on any atom is -0.493 e. The van der Waals surface area contributed by atoms with Gasteiger partial charge in [0.2, 0.25) is 0 Å². The molecule has 1 aliphatic rings. The van der Waals surface area contributed by atoms with Crippen molar-refractivity contribution in [1.29, 1.82) is 0 Å². The fourth-order valence-electron chi connectivity index (χ4n) is 3.28. The van der Waals surface area contributed by atoms with Crippen LogP contribution in [0.3, 0.4) is 0 Å². The molecule has 3 rings (SSSR count). The van der Waals surface area contributed by atoms with Crippen LogP contribution in [0, 0.1) is 5.92 Å². The van der Waals surface area contributed by atoms with E-state index in [0.717, 1.165) is 62.2 Å². The molecule has 0 radical (unpaired) electrons. The summed E-state index contributed by atoms with van der Waals surface area (Å²) in [5.41, 5.74) is 2.10. The van der Waals surface area contributed by atoms with Crippen LogP contribution in [0.1, 0.15) is 32.0 Å². The molecule has 0 unspecified atom stereocenters. The third kappa shape index (κ3) is 6.49. The van der Waals surface area contributed by atoms with Crippen LogP contribution in [0.25, 0.3) is 0 Å². The van der Waals surface area contributed by atoms with E-state index in [1.807, 2.05) is 24.3 Å². The first-order valence-electron chi connectivity index (χ1n) is 10.5. The first-order valence-corrected chi connectivity index (χ1v) is 10.5. The predicted octanol–water partition coefficient (Wildman–Crippen LogP) is 2.99. The fourth-order valence-corrected chi connectivity index (χ4v) is 3.28. The Morgan fingerprint density at radius 3 is 2.69 bits per heavy atom. The molecular weight excluding hydrogens is 366 g/mol. The Kier molecular flexibility index (Phi) is 7.93. The van der Waals surface area contributed by atoms with E-state index in [0.29, 0.717) is 19.1 Å². The minimum absolute atomic E-state index is 0.498. The van der Waals surface area contributed by atoms with E-state index in [2.05, 4.69) is 47.1 Å². The smallest absolute Gasteiger partial charge is 0.194 e. The molecule has 0 aliphatic carbocycles. The second-order valence-corrected chi connectivity index (χ2v) is 7.74. The first kappa shape index (κ1) is 21.2. The zero-order chi connectivity index (χ0) is 20.5. The number of hydrogen-bond acceptors (Lipinski definition) is 5. The summed E-state index contributed by atoms with van der Waals surface area (Å²) in [6.45, 7) is 13.3. The van der Waals surface area contributed by atoms with Crippen LogP contribution in [-0.2, 0) is 13.1 Å². The molecule has 1 aliphatic heterocycles. The van der Waals surface area contributed by atoms with Gasteiger partial charge in [-0.2, -0.15) is 0 Å². The molecule has 7 heteroatoms. The van der Waals surface area contributed by atoms with Crippen molar-refractivity contribution in [2.24, 2.45) is 10.9 Å². The second kappa shape index (κ2) is 10.9. The Morgan fingerprint density at radius 2 is 2.00 bits per heavy atom. The van der Waals surface area contributed by atoms with Crippen LogP contribution >= 0.6 is 0 Å². The van der Waals surface area contributed by atoms with E-state index in [4.69, 9.17) is 14.3 Å². The highest BCUT2D eigenvalue weighted by Gasteiger charge is 2.20. The van der Waals surface area contributed by atoms with Crippen molar-refractivity contribution in [3.8, 4) is 5.75 Å². The molecule has 158 valence electrons. The maximum absolute atomic E-state index is 5.98. The number of benzene rings is 1. The molecular formula is C22H33N5O2. The zero-order valence-electron chi connectivity index (χ0n) is 17.8. The predicted molar refractivity (Wildman–Crippen MR) is 115 cm³/mol. The van der Waals surface area contributed by atoms with Crippen LogP contribution in [-0.4, -0.2) is 60.2 Å². The van der Waals surface area contributed by atoms with Crippen molar-refractivity contribution in [3.05, 3.63) is 47.9 Å². The zero-order valence-corrected chi connectivity index (χ0v) is 17.8. The van der Waals surface area contributed by atoms with E-state index >= 15 is 0 Å². The highest BCUT2D eigenvalue weighted by molar-refractivity contribution is 5.80. The topological polar surface area (TPSA) is 66.1 Å². The van der Waals surface area contributed by atoms with Crippen LogP contribution in [0.4, 0.5) is 0 Å². The summed E-state index contributed by atoms with van der Waals surface area (Å²) >= 11 is 0. The van der Waals surface area contributed by atoms with Crippen molar-refractivity contribution in [3.63, 3.8) is 0 Å². The summed E-state index contributed by atoms with van der Waals surface area (Å²) in [7, 11) is 0. The summed E-state index contributed by atoms with van der Waals surface area (Å²) in [5, 5.41) is 7.45. The van der Waals surface area contributed by atoms with Crippen LogP contribution in [0.2, 0.25) is 0 Å². The molecule has 7 nitrogen and oxygen atoms in total. The highest BCUT2D eigenvalue weighted by atomic mass is 16.5. The molecule has 29 heavy (non-hydrogen) atoms. The molecule has 1 aromatic heterocycles. The highest BCUT2D eigenvalue weighted by Crippen LogP contribution is 2.20. The second-order valence-electron chi connectivity index (χ2n) is 7.74. The Balaban J connectivity index is 1.59. The number of piperazine rings is 1. The quantitative estimate of drug-likeness (QED) is 0.544. The third-order valence-corrected chi connectivity index (χ3v) is 4.83. The average molecular weight is 400 g/mol. The van der Waals surface area contributed by atoms with Crippen molar-refractivity contribution in [2.75, 3.05) is 39.3 Å². The molecule has 0 amide bonds. The minimum atomic E-state index is 0.498. The number of para-hydroxylation sites is 1. The van der Waals surface area contributed by atoms with E-state index in [9.17, 15) is 0 Å². The molecule has 2 aromatic rings. The van der Waals surface area contributed by atoms with Crippen molar-refractivity contribution < 1.29 is 9.26 Å². The van der Waals surface area contributed by atoms with Gasteiger partial charge in [0.15, 0.2) is 5.96 Å². The lowest BCUT2D eigenvalue weighted by molar-refractivity contribution is 0.169. The molecule has 0 spiro atoms. The number of rotatable bonds is 8. The molecule has 0 bridgehead atoms. The number of hydrogen-bond donors (Lipinski definition) is 1. The number of guanidine groups is 1. The molecule has 0 atom stereocenters. The van der Waals surface area contributed by atoms with Crippen molar-refractivity contribution in [2.45, 2.75) is 33.9 Å². The van der Waals surface area contributed by atoms with Gasteiger partial charge in [-0.3, -0.25) is 4.90 Å². The lowest BCUT2D eigenvalue weighted by Crippen LogP contribution is -2.52. The van der Waals surface area contributed by atoms with E-state index in [1.165, 1.54) is 0 Å². The maximum atomic E-state index is 5.98. The fraction of sp³-hybridized carbons (Fsp3) is 0.545. The molecule has 1 fully saturated rings. The number of nitrogens with one attached hydrogen (secondary N) is 1. The summed E-state index contributed by atoms with van der Waals surface area (Å²) < 4.78 is 10.9.